The Balaban J connectivity index is 1.86. The summed E-state index contributed by atoms with van der Waals surface area (Å²) in [5.41, 5.74) is 13.3. The zero-order valence-electron chi connectivity index (χ0n) is 13.5. The van der Waals surface area contributed by atoms with Crippen LogP contribution in [0.2, 0.25) is 0 Å². The summed E-state index contributed by atoms with van der Waals surface area (Å²) in [4.78, 5) is 19.5. The van der Waals surface area contributed by atoms with E-state index in [1.165, 1.54) is 0 Å². The van der Waals surface area contributed by atoms with Gasteiger partial charge in [0, 0.05) is 17.1 Å². The van der Waals surface area contributed by atoms with E-state index in [0.717, 1.165) is 16.5 Å². The average molecular weight is 335 g/mol. The van der Waals surface area contributed by atoms with Crippen LogP contribution in [0.15, 0.2) is 58.9 Å². The molecule has 3 rings (SSSR count). The number of anilines is 1. The van der Waals surface area contributed by atoms with Gasteiger partial charge in [0.1, 0.15) is 11.5 Å². The number of nitrogens with zero attached hydrogens (tertiary/aromatic N) is 3. The SMILES string of the molecule is C/C(=N/N=C(N)N)c1ccc2[nH]c(C(=O)Nc3ccccn3)cc2c1. The monoisotopic (exact) mass is 335 g/mol. The molecule has 126 valence electrons. The van der Waals surface area contributed by atoms with Gasteiger partial charge in [-0.3, -0.25) is 4.79 Å². The molecule has 0 atom stereocenters. The van der Waals surface area contributed by atoms with Crippen LogP contribution in [-0.4, -0.2) is 27.5 Å². The van der Waals surface area contributed by atoms with Crippen LogP contribution >= 0.6 is 0 Å². The fourth-order valence-corrected chi connectivity index (χ4v) is 2.29. The van der Waals surface area contributed by atoms with E-state index >= 15 is 0 Å². The van der Waals surface area contributed by atoms with Gasteiger partial charge in [0.15, 0.2) is 0 Å². The van der Waals surface area contributed by atoms with Gasteiger partial charge in [-0.15, -0.1) is 5.10 Å². The maximum Gasteiger partial charge on any atom is 0.273 e. The highest BCUT2D eigenvalue weighted by molar-refractivity contribution is 6.07. The number of rotatable bonds is 4. The number of aromatic amines is 1. The van der Waals surface area contributed by atoms with E-state index in [4.69, 9.17) is 11.5 Å². The maximum absolute atomic E-state index is 12.3. The van der Waals surface area contributed by atoms with Crippen LogP contribution in [0.5, 0.6) is 0 Å². The Morgan fingerprint density at radius 2 is 2.00 bits per heavy atom. The molecule has 0 unspecified atom stereocenters. The maximum atomic E-state index is 12.3. The van der Waals surface area contributed by atoms with Crippen molar-refractivity contribution < 1.29 is 4.79 Å². The van der Waals surface area contributed by atoms with Gasteiger partial charge in [-0.1, -0.05) is 12.1 Å². The molecule has 0 aliphatic heterocycles. The van der Waals surface area contributed by atoms with Crippen LogP contribution in [0.3, 0.4) is 0 Å². The van der Waals surface area contributed by atoms with Crippen molar-refractivity contribution in [2.75, 3.05) is 5.32 Å². The Labute approximate surface area is 143 Å². The highest BCUT2D eigenvalue weighted by atomic mass is 16.1. The fraction of sp³-hybridized carbons (Fsp3) is 0.0588. The molecule has 0 saturated heterocycles. The quantitative estimate of drug-likeness (QED) is 0.328. The third-order valence-corrected chi connectivity index (χ3v) is 3.51. The number of fused-ring (bicyclic) bond motifs is 1. The highest BCUT2D eigenvalue weighted by Crippen LogP contribution is 2.19. The average Bonchev–Trinajstić information content (AvgIpc) is 3.04. The number of amides is 1. The zero-order valence-corrected chi connectivity index (χ0v) is 13.5. The van der Waals surface area contributed by atoms with Crippen LogP contribution in [-0.2, 0) is 0 Å². The Morgan fingerprint density at radius 1 is 1.16 bits per heavy atom. The predicted molar refractivity (Wildman–Crippen MR) is 98.5 cm³/mol. The van der Waals surface area contributed by atoms with Crippen molar-refractivity contribution in [3.05, 3.63) is 59.9 Å². The third-order valence-electron chi connectivity index (χ3n) is 3.51. The van der Waals surface area contributed by atoms with E-state index in [0.29, 0.717) is 17.2 Å². The lowest BCUT2D eigenvalue weighted by Crippen LogP contribution is -2.22. The standard InChI is InChI=1S/C17H17N7O/c1-10(23-24-17(18)19)11-5-6-13-12(8-11)9-14(21-13)16(25)22-15-4-2-3-7-20-15/h2-9,21H,1H3,(H4,18,19,24)(H,20,22,25)/b23-10-. The van der Waals surface area contributed by atoms with Crippen LogP contribution in [0, 0.1) is 0 Å². The first-order valence-corrected chi connectivity index (χ1v) is 7.51. The van der Waals surface area contributed by atoms with Crippen molar-refractivity contribution in [3.63, 3.8) is 0 Å². The molecule has 0 aliphatic rings. The number of carbonyl (C=O) groups is 1. The van der Waals surface area contributed by atoms with Gasteiger partial charge >= 0.3 is 0 Å². The van der Waals surface area contributed by atoms with E-state index in [9.17, 15) is 4.79 Å². The number of nitrogens with two attached hydrogens (primary N) is 2. The second-order valence-corrected chi connectivity index (χ2v) is 5.36. The molecule has 3 aromatic rings. The van der Waals surface area contributed by atoms with Crippen molar-refractivity contribution in [1.82, 2.24) is 9.97 Å². The summed E-state index contributed by atoms with van der Waals surface area (Å²) in [5, 5.41) is 11.2. The first-order valence-electron chi connectivity index (χ1n) is 7.51. The van der Waals surface area contributed by atoms with Crippen LogP contribution in [0.1, 0.15) is 23.0 Å². The summed E-state index contributed by atoms with van der Waals surface area (Å²) in [6.45, 7) is 1.80. The molecule has 2 heterocycles. The first-order chi connectivity index (χ1) is 12.0. The topological polar surface area (TPSA) is 135 Å². The lowest BCUT2D eigenvalue weighted by molar-refractivity contribution is 0.102. The van der Waals surface area contributed by atoms with Gasteiger partial charge in [0.25, 0.3) is 5.91 Å². The lowest BCUT2D eigenvalue weighted by Gasteiger charge is -2.01. The normalized spacial score (nSPS) is 11.3. The number of hydrogen-bond acceptors (Lipinski definition) is 4. The van der Waals surface area contributed by atoms with E-state index < -0.39 is 0 Å². The summed E-state index contributed by atoms with van der Waals surface area (Å²) >= 11 is 0. The molecule has 1 amide bonds. The van der Waals surface area contributed by atoms with Gasteiger partial charge in [0.2, 0.25) is 5.96 Å². The Hall–Kier alpha value is -3.68. The molecule has 8 nitrogen and oxygen atoms in total. The van der Waals surface area contributed by atoms with Crippen LogP contribution in [0.25, 0.3) is 10.9 Å². The number of H-pyrrole nitrogens is 1. The minimum Gasteiger partial charge on any atom is -0.369 e. The molecule has 0 aliphatic carbocycles. The third kappa shape index (κ3) is 3.81. The molecule has 25 heavy (non-hydrogen) atoms. The number of carbonyl (C=O) groups excluding carboxylic acids is 1. The lowest BCUT2D eigenvalue weighted by atomic mass is 10.1. The van der Waals surface area contributed by atoms with E-state index in [2.05, 4.69) is 25.5 Å². The molecular formula is C17H17N7O. The molecule has 0 bridgehead atoms. The molecule has 0 spiro atoms. The van der Waals surface area contributed by atoms with Crippen molar-refractivity contribution in [2.24, 2.45) is 21.7 Å². The van der Waals surface area contributed by atoms with E-state index in [-0.39, 0.29) is 11.9 Å². The number of guanidine groups is 1. The summed E-state index contributed by atoms with van der Waals surface area (Å²) in [6.07, 6.45) is 1.62. The number of pyridine rings is 1. The molecule has 8 heteroatoms. The van der Waals surface area contributed by atoms with Gasteiger partial charge < -0.3 is 21.8 Å². The van der Waals surface area contributed by atoms with Crippen molar-refractivity contribution in [3.8, 4) is 0 Å². The van der Waals surface area contributed by atoms with Crippen LogP contribution < -0.4 is 16.8 Å². The summed E-state index contributed by atoms with van der Waals surface area (Å²) in [5.74, 6) is 0.130. The predicted octanol–water partition coefficient (Wildman–Crippen LogP) is 1.81. The Bertz CT molecular complexity index is 969. The largest absolute Gasteiger partial charge is 0.369 e. The van der Waals surface area contributed by atoms with E-state index in [1.807, 2.05) is 18.2 Å². The molecule has 1 aromatic carbocycles. The van der Waals surface area contributed by atoms with Gasteiger partial charge in [-0.25, -0.2) is 4.98 Å². The minimum atomic E-state index is -0.262. The van der Waals surface area contributed by atoms with Gasteiger partial charge in [-0.2, -0.15) is 5.10 Å². The minimum absolute atomic E-state index is 0.101. The smallest absolute Gasteiger partial charge is 0.273 e. The molecular weight excluding hydrogens is 318 g/mol. The molecule has 6 N–H and O–H groups in total. The fourth-order valence-electron chi connectivity index (χ4n) is 2.29. The van der Waals surface area contributed by atoms with Gasteiger partial charge in [-0.05, 0) is 42.8 Å². The summed E-state index contributed by atoms with van der Waals surface area (Å²) in [7, 11) is 0. The molecule has 0 radical (unpaired) electrons. The summed E-state index contributed by atoms with van der Waals surface area (Å²) in [6, 6.07) is 12.7. The zero-order chi connectivity index (χ0) is 17.8. The van der Waals surface area contributed by atoms with Gasteiger partial charge in [0.05, 0.1) is 5.71 Å². The number of nitrogens with one attached hydrogen (secondary N) is 2. The Kier molecular flexibility index (Phi) is 4.42. The second kappa shape index (κ2) is 6.83. The van der Waals surface area contributed by atoms with Crippen LogP contribution in [0.4, 0.5) is 5.82 Å². The Morgan fingerprint density at radius 3 is 2.72 bits per heavy atom. The van der Waals surface area contributed by atoms with E-state index in [1.54, 1.807) is 37.4 Å². The van der Waals surface area contributed by atoms with Crippen molar-refractivity contribution in [2.45, 2.75) is 6.92 Å². The number of hydrogen-bond donors (Lipinski definition) is 4. The van der Waals surface area contributed by atoms with Crippen molar-refractivity contribution >= 4 is 34.3 Å². The number of benzene rings is 1. The first kappa shape index (κ1) is 16.2. The molecule has 2 aromatic heterocycles. The second-order valence-electron chi connectivity index (χ2n) is 5.36. The summed E-state index contributed by atoms with van der Waals surface area (Å²) < 4.78 is 0. The number of aromatic nitrogens is 2. The highest BCUT2D eigenvalue weighted by Gasteiger charge is 2.11. The molecule has 0 saturated carbocycles. The van der Waals surface area contributed by atoms with Crippen molar-refractivity contribution in [1.29, 1.82) is 0 Å². The molecule has 0 fully saturated rings.